The number of hydrogen-bond donors (Lipinski definition) is 2. The lowest BCUT2D eigenvalue weighted by molar-refractivity contribution is -0.142. The number of nitrogens with zero attached hydrogens (tertiary/aromatic N) is 1. The zero-order chi connectivity index (χ0) is 24.9. The molecule has 0 saturated carbocycles. The van der Waals surface area contributed by atoms with E-state index in [0.717, 1.165) is 16.4 Å². The fourth-order valence-corrected chi connectivity index (χ4v) is 5.59. The Kier molecular flexibility index (Phi) is 8.27. The monoisotopic (exact) mass is 492 g/mol. The SMILES string of the molecule is CC(C)Oc1ccc(C[C@H](NC(=O)[C@@H]2CCCCN2S(=O)(=O)c2cccc(F)c2)C(=O)O)cc1. The van der Waals surface area contributed by atoms with E-state index in [-0.39, 0.29) is 30.4 Å². The molecule has 2 N–H and O–H groups in total. The van der Waals surface area contributed by atoms with Gasteiger partial charge in [-0.05, 0) is 62.6 Å². The van der Waals surface area contributed by atoms with Crippen LogP contribution in [0.4, 0.5) is 4.39 Å². The molecule has 0 unspecified atom stereocenters. The number of nitrogens with one attached hydrogen (secondary N) is 1. The molecule has 0 bridgehead atoms. The first-order valence-corrected chi connectivity index (χ1v) is 12.6. The number of carbonyl (C=O) groups excluding carboxylic acids is 1. The van der Waals surface area contributed by atoms with E-state index in [4.69, 9.17) is 4.74 Å². The largest absolute Gasteiger partial charge is 0.491 e. The van der Waals surface area contributed by atoms with Crippen LogP contribution in [-0.2, 0) is 26.0 Å². The molecule has 1 amide bonds. The molecule has 0 aliphatic carbocycles. The lowest BCUT2D eigenvalue weighted by Crippen LogP contribution is -2.55. The number of aliphatic carboxylic acids is 1. The van der Waals surface area contributed by atoms with Crippen LogP contribution >= 0.6 is 0 Å². The van der Waals surface area contributed by atoms with Gasteiger partial charge in [0.1, 0.15) is 23.7 Å². The first kappa shape index (κ1) is 25.6. The van der Waals surface area contributed by atoms with E-state index < -0.39 is 39.8 Å². The van der Waals surface area contributed by atoms with Gasteiger partial charge in [0.2, 0.25) is 15.9 Å². The number of amides is 1. The highest BCUT2D eigenvalue weighted by Crippen LogP contribution is 2.26. The first-order chi connectivity index (χ1) is 16.1. The maximum atomic E-state index is 13.6. The van der Waals surface area contributed by atoms with Gasteiger partial charge in [-0.2, -0.15) is 4.31 Å². The van der Waals surface area contributed by atoms with Crippen molar-refractivity contribution in [2.45, 2.75) is 62.6 Å². The highest BCUT2D eigenvalue weighted by Gasteiger charge is 2.39. The van der Waals surface area contributed by atoms with Gasteiger partial charge in [-0.25, -0.2) is 17.6 Å². The van der Waals surface area contributed by atoms with Crippen LogP contribution in [0.3, 0.4) is 0 Å². The van der Waals surface area contributed by atoms with Crippen LogP contribution in [0.15, 0.2) is 53.4 Å². The normalized spacial score (nSPS) is 17.8. The Balaban J connectivity index is 1.75. The third-order valence-electron chi connectivity index (χ3n) is 5.51. The molecule has 34 heavy (non-hydrogen) atoms. The topological polar surface area (TPSA) is 113 Å². The van der Waals surface area contributed by atoms with Crippen molar-refractivity contribution < 1.29 is 32.2 Å². The quantitative estimate of drug-likeness (QED) is 0.557. The molecule has 1 aliphatic heterocycles. The zero-order valence-electron chi connectivity index (χ0n) is 19.1. The molecule has 0 spiro atoms. The van der Waals surface area contributed by atoms with Crippen molar-refractivity contribution in [3.8, 4) is 5.75 Å². The fraction of sp³-hybridized carbons (Fsp3) is 0.417. The Labute approximate surface area is 198 Å². The summed E-state index contributed by atoms with van der Waals surface area (Å²) >= 11 is 0. The van der Waals surface area contributed by atoms with Gasteiger partial charge < -0.3 is 15.2 Å². The maximum absolute atomic E-state index is 13.6. The molecule has 184 valence electrons. The predicted molar refractivity (Wildman–Crippen MR) is 123 cm³/mol. The van der Waals surface area contributed by atoms with Crippen molar-refractivity contribution in [2.24, 2.45) is 0 Å². The minimum Gasteiger partial charge on any atom is -0.491 e. The Morgan fingerprint density at radius 2 is 1.88 bits per heavy atom. The average Bonchev–Trinajstić information content (AvgIpc) is 2.79. The van der Waals surface area contributed by atoms with Crippen LogP contribution in [0.1, 0.15) is 38.7 Å². The summed E-state index contributed by atoms with van der Waals surface area (Å²) < 4.78 is 46.5. The summed E-state index contributed by atoms with van der Waals surface area (Å²) in [6.45, 7) is 3.88. The number of piperidine rings is 1. The summed E-state index contributed by atoms with van der Waals surface area (Å²) in [5.74, 6) is -1.97. The highest BCUT2D eigenvalue weighted by molar-refractivity contribution is 7.89. The standard InChI is InChI=1S/C24H29FN2O6S/c1-16(2)33-19-11-9-17(10-12-19)14-21(24(29)30)26-23(28)22-8-3-4-13-27(22)34(31,32)20-7-5-6-18(25)15-20/h5-7,9-12,15-16,21-22H,3-4,8,13-14H2,1-2H3,(H,26,28)(H,29,30)/t21-,22-/m0/s1. The number of carboxylic acid groups (broad SMARTS) is 1. The number of sulfonamides is 1. The molecule has 8 nitrogen and oxygen atoms in total. The number of carbonyl (C=O) groups is 2. The van der Waals surface area contributed by atoms with Gasteiger partial charge >= 0.3 is 5.97 Å². The smallest absolute Gasteiger partial charge is 0.326 e. The van der Waals surface area contributed by atoms with E-state index in [1.807, 2.05) is 13.8 Å². The Bertz CT molecular complexity index is 1120. The number of ether oxygens (including phenoxy) is 1. The van der Waals surface area contributed by atoms with Crippen molar-refractivity contribution in [3.63, 3.8) is 0 Å². The van der Waals surface area contributed by atoms with Gasteiger partial charge in [0.15, 0.2) is 0 Å². The van der Waals surface area contributed by atoms with Gasteiger partial charge in [0, 0.05) is 13.0 Å². The molecule has 1 aliphatic rings. The van der Waals surface area contributed by atoms with Crippen molar-refractivity contribution in [1.29, 1.82) is 0 Å². The summed E-state index contributed by atoms with van der Waals surface area (Å²) in [6.07, 6.45) is 1.42. The van der Waals surface area contributed by atoms with Crippen LogP contribution in [-0.4, -0.2) is 54.4 Å². The summed E-state index contributed by atoms with van der Waals surface area (Å²) in [6, 6.07) is 9.19. The van der Waals surface area contributed by atoms with Crippen molar-refractivity contribution in [3.05, 3.63) is 59.9 Å². The van der Waals surface area contributed by atoms with Crippen molar-refractivity contribution in [2.75, 3.05) is 6.54 Å². The Morgan fingerprint density at radius 3 is 2.50 bits per heavy atom. The molecular weight excluding hydrogens is 463 g/mol. The van der Waals surface area contributed by atoms with Crippen LogP contribution in [0.25, 0.3) is 0 Å². The summed E-state index contributed by atoms with van der Waals surface area (Å²) in [5, 5.41) is 12.2. The minimum atomic E-state index is -4.14. The van der Waals surface area contributed by atoms with Crippen molar-refractivity contribution >= 4 is 21.9 Å². The van der Waals surface area contributed by atoms with E-state index in [0.29, 0.717) is 24.2 Å². The molecule has 1 fully saturated rings. The predicted octanol–water partition coefficient (Wildman–Crippen LogP) is 2.97. The van der Waals surface area contributed by atoms with Gasteiger partial charge in [-0.1, -0.05) is 24.6 Å². The summed E-state index contributed by atoms with van der Waals surface area (Å²) in [4.78, 5) is 24.7. The number of hydrogen-bond acceptors (Lipinski definition) is 5. The maximum Gasteiger partial charge on any atom is 0.326 e. The second-order valence-corrected chi connectivity index (χ2v) is 10.4. The molecule has 2 atom stereocenters. The molecule has 1 heterocycles. The third-order valence-corrected chi connectivity index (χ3v) is 7.41. The van der Waals surface area contributed by atoms with Crippen molar-refractivity contribution in [1.82, 2.24) is 9.62 Å². The van der Waals surface area contributed by atoms with Crippen LogP contribution in [0.2, 0.25) is 0 Å². The van der Waals surface area contributed by atoms with E-state index in [2.05, 4.69) is 5.32 Å². The number of rotatable bonds is 9. The Morgan fingerprint density at radius 1 is 1.18 bits per heavy atom. The molecule has 0 radical (unpaired) electrons. The van der Waals surface area contributed by atoms with Gasteiger partial charge in [-0.3, -0.25) is 4.79 Å². The van der Waals surface area contributed by atoms with Crippen LogP contribution < -0.4 is 10.1 Å². The summed E-state index contributed by atoms with van der Waals surface area (Å²) in [7, 11) is -4.14. The van der Waals surface area contributed by atoms with E-state index in [1.165, 1.54) is 12.1 Å². The molecule has 3 rings (SSSR count). The molecule has 1 saturated heterocycles. The molecule has 2 aromatic rings. The van der Waals surface area contributed by atoms with E-state index >= 15 is 0 Å². The molecule has 10 heteroatoms. The van der Waals surface area contributed by atoms with Gasteiger partial charge in [0.25, 0.3) is 0 Å². The second kappa shape index (κ2) is 11.0. The first-order valence-electron chi connectivity index (χ1n) is 11.1. The third kappa shape index (κ3) is 6.32. The Hall–Kier alpha value is -2.98. The van der Waals surface area contributed by atoms with E-state index in [9.17, 15) is 27.5 Å². The lowest BCUT2D eigenvalue weighted by atomic mass is 10.0. The molecule has 0 aromatic heterocycles. The van der Waals surface area contributed by atoms with E-state index in [1.54, 1.807) is 24.3 Å². The number of benzene rings is 2. The van der Waals surface area contributed by atoms with Gasteiger partial charge in [0.05, 0.1) is 11.0 Å². The number of halogens is 1. The fourth-order valence-electron chi connectivity index (χ4n) is 3.90. The average molecular weight is 493 g/mol. The second-order valence-electron chi connectivity index (χ2n) is 8.50. The highest BCUT2D eigenvalue weighted by atomic mass is 32.2. The van der Waals surface area contributed by atoms with Gasteiger partial charge in [-0.15, -0.1) is 0 Å². The van der Waals surface area contributed by atoms with Crippen LogP contribution in [0, 0.1) is 5.82 Å². The minimum absolute atomic E-state index is 0.000923. The molecular formula is C24H29FN2O6S. The number of carboxylic acids is 1. The molecule has 2 aromatic carbocycles. The summed E-state index contributed by atoms with van der Waals surface area (Å²) in [5.41, 5.74) is 0.677. The van der Waals surface area contributed by atoms with Crippen LogP contribution in [0.5, 0.6) is 5.75 Å². The zero-order valence-corrected chi connectivity index (χ0v) is 19.9. The lowest BCUT2D eigenvalue weighted by Gasteiger charge is -2.34.